The zero-order valence-electron chi connectivity index (χ0n) is 15.4. The minimum Gasteiger partial charge on any atom is -0.435 e. The summed E-state index contributed by atoms with van der Waals surface area (Å²) in [6.07, 6.45) is -4.86. The normalized spacial score (nSPS) is 19.2. The molecule has 1 N–H and O–H groups in total. The van der Waals surface area contributed by atoms with E-state index in [9.17, 15) is 31.5 Å². The molecule has 0 aromatic heterocycles. The zero-order valence-corrected chi connectivity index (χ0v) is 15.4. The molecule has 1 atom stereocenters. The molecule has 3 amide bonds. The van der Waals surface area contributed by atoms with Crippen molar-refractivity contribution in [3.8, 4) is 11.5 Å². The lowest BCUT2D eigenvalue weighted by molar-refractivity contribution is -0.274. The molecule has 2 aromatic carbocycles. The molecule has 6 nitrogen and oxygen atoms in total. The monoisotopic (exact) mass is 430 g/mol. The first kappa shape index (κ1) is 21.3. The second-order valence-corrected chi connectivity index (χ2v) is 6.54. The van der Waals surface area contributed by atoms with Crippen LogP contribution in [0.2, 0.25) is 0 Å². The minimum atomic E-state index is -4.86. The summed E-state index contributed by atoms with van der Waals surface area (Å²) in [6, 6.07) is 9.32. The van der Waals surface area contributed by atoms with Gasteiger partial charge in [0.2, 0.25) is 0 Å². The molecule has 1 unspecified atom stereocenters. The summed E-state index contributed by atoms with van der Waals surface area (Å²) < 4.78 is 69.7. The van der Waals surface area contributed by atoms with Crippen molar-refractivity contribution < 1.29 is 41.0 Å². The van der Waals surface area contributed by atoms with Crippen LogP contribution in [0.5, 0.6) is 11.5 Å². The van der Waals surface area contributed by atoms with Gasteiger partial charge in [-0.25, -0.2) is 4.79 Å². The van der Waals surface area contributed by atoms with Crippen LogP contribution in [0.1, 0.15) is 18.1 Å². The van der Waals surface area contributed by atoms with E-state index in [0.717, 1.165) is 17.0 Å². The second kappa shape index (κ2) is 7.81. The minimum absolute atomic E-state index is 0.127. The highest BCUT2D eigenvalue weighted by Gasteiger charge is 2.49. The molecule has 0 aliphatic carbocycles. The third-order valence-corrected chi connectivity index (χ3v) is 4.40. The van der Waals surface area contributed by atoms with Gasteiger partial charge in [0.15, 0.2) is 0 Å². The highest BCUT2D eigenvalue weighted by Crippen LogP contribution is 2.32. The maximum atomic E-state index is 12.9. The first-order chi connectivity index (χ1) is 14.0. The molecule has 0 bridgehead atoms. The van der Waals surface area contributed by atoms with Gasteiger partial charge in [0.05, 0.1) is 6.54 Å². The number of urea groups is 1. The Morgan fingerprint density at radius 3 is 2.33 bits per heavy atom. The highest BCUT2D eigenvalue weighted by atomic mass is 19.4. The maximum absolute atomic E-state index is 12.9. The summed E-state index contributed by atoms with van der Waals surface area (Å²) in [5, 5.41) is 2.50. The summed E-state index contributed by atoms with van der Waals surface area (Å²) in [7, 11) is 0. The average molecular weight is 430 g/mol. The smallest absolute Gasteiger partial charge is 0.435 e. The Morgan fingerprint density at radius 1 is 1.07 bits per heavy atom. The summed E-state index contributed by atoms with van der Waals surface area (Å²) in [5.74, 6) is -1.26. The molecule has 1 saturated heterocycles. The summed E-state index contributed by atoms with van der Waals surface area (Å²) >= 11 is 0. The van der Waals surface area contributed by atoms with Crippen LogP contribution in [0, 0.1) is 0 Å². The Bertz CT molecular complexity index is 949. The molecule has 11 heteroatoms. The number of benzene rings is 2. The average Bonchev–Trinajstić information content (AvgIpc) is 2.85. The van der Waals surface area contributed by atoms with E-state index in [1.807, 2.05) is 0 Å². The largest absolute Gasteiger partial charge is 0.573 e. The van der Waals surface area contributed by atoms with Crippen LogP contribution in [-0.2, 0) is 16.9 Å². The number of rotatable bonds is 6. The molecule has 1 heterocycles. The van der Waals surface area contributed by atoms with E-state index >= 15 is 0 Å². The number of halogens is 5. The van der Waals surface area contributed by atoms with Gasteiger partial charge in [0.25, 0.3) is 5.91 Å². The fourth-order valence-electron chi connectivity index (χ4n) is 3.03. The van der Waals surface area contributed by atoms with E-state index in [4.69, 9.17) is 0 Å². The number of alkyl halides is 5. The van der Waals surface area contributed by atoms with Crippen molar-refractivity contribution in [2.45, 2.75) is 32.0 Å². The Morgan fingerprint density at radius 2 is 1.73 bits per heavy atom. The third-order valence-electron chi connectivity index (χ3n) is 4.40. The van der Waals surface area contributed by atoms with E-state index in [0.29, 0.717) is 5.56 Å². The van der Waals surface area contributed by atoms with Crippen molar-refractivity contribution in [2.24, 2.45) is 0 Å². The van der Waals surface area contributed by atoms with Crippen molar-refractivity contribution in [1.29, 1.82) is 0 Å². The number of carbonyl (C=O) groups excluding carboxylic acids is 2. The molecule has 0 saturated carbocycles. The predicted molar refractivity (Wildman–Crippen MR) is 92.6 cm³/mol. The Kier molecular flexibility index (Phi) is 5.55. The SMILES string of the molecule is CC1(c2ccc(OC(F)(F)F)cc2)NC(=O)N(Cc2cccc(OC(F)F)c2)C1=O. The third kappa shape index (κ3) is 4.61. The van der Waals surface area contributed by atoms with Gasteiger partial charge >= 0.3 is 19.0 Å². The predicted octanol–water partition coefficient (Wildman–Crippen LogP) is 4.15. The van der Waals surface area contributed by atoms with Gasteiger partial charge in [-0.3, -0.25) is 9.69 Å². The fraction of sp³-hybridized carbons (Fsp3) is 0.263. The number of nitrogens with one attached hydrogen (secondary N) is 1. The van der Waals surface area contributed by atoms with Gasteiger partial charge in [-0.2, -0.15) is 8.78 Å². The van der Waals surface area contributed by atoms with Gasteiger partial charge in [-0.1, -0.05) is 24.3 Å². The van der Waals surface area contributed by atoms with Crippen molar-refractivity contribution in [1.82, 2.24) is 10.2 Å². The number of hydrogen-bond donors (Lipinski definition) is 1. The number of imide groups is 1. The molecule has 0 spiro atoms. The molecule has 2 aromatic rings. The van der Waals surface area contributed by atoms with Gasteiger partial charge < -0.3 is 14.8 Å². The Balaban J connectivity index is 1.78. The van der Waals surface area contributed by atoms with Crippen LogP contribution in [0.15, 0.2) is 48.5 Å². The number of nitrogens with zero attached hydrogens (tertiary/aromatic N) is 1. The molecule has 3 rings (SSSR count). The first-order valence-electron chi connectivity index (χ1n) is 8.52. The molecule has 30 heavy (non-hydrogen) atoms. The van der Waals surface area contributed by atoms with E-state index in [1.54, 1.807) is 0 Å². The first-order valence-corrected chi connectivity index (χ1v) is 8.52. The lowest BCUT2D eigenvalue weighted by Crippen LogP contribution is -2.40. The van der Waals surface area contributed by atoms with Crippen molar-refractivity contribution in [3.63, 3.8) is 0 Å². The van der Waals surface area contributed by atoms with Gasteiger partial charge in [-0.05, 0) is 42.3 Å². The lowest BCUT2D eigenvalue weighted by atomic mass is 9.92. The van der Waals surface area contributed by atoms with Crippen molar-refractivity contribution in [3.05, 3.63) is 59.7 Å². The van der Waals surface area contributed by atoms with Crippen LogP contribution in [0.3, 0.4) is 0 Å². The van der Waals surface area contributed by atoms with E-state index in [1.165, 1.54) is 43.3 Å². The van der Waals surface area contributed by atoms with Crippen molar-refractivity contribution in [2.75, 3.05) is 0 Å². The molecule has 1 aliphatic rings. The summed E-state index contributed by atoms with van der Waals surface area (Å²) in [4.78, 5) is 26.1. The van der Waals surface area contributed by atoms with Crippen LogP contribution in [0.25, 0.3) is 0 Å². The Hall–Kier alpha value is -3.37. The molecule has 1 fully saturated rings. The standard InChI is InChI=1S/C19H15F5N2O4/c1-18(12-5-7-13(8-6-12)30-19(22,23)24)15(27)26(17(28)25-18)10-11-3-2-4-14(9-11)29-16(20)21/h2-9,16H,10H2,1H3,(H,25,28). The summed E-state index contributed by atoms with van der Waals surface area (Å²) in [6.45, 7) is -1.83. The second-order valence-electron chi connectivity index (χ2n) is 6.54. The number of amides is 3. The molecular formula is C19H15F5N2O4. The van der Waals surface area contributed by atoms with E-state index < -0.39 is 36.2 Å². The van der Waals surface area contributed by atoms with Crippen LogP contribution in [-0.4, -0.2) is 29.8 Å². The maximum Gasteiger partial charge on any atom is 0.573 e. The van der Waals surface area contributed by atoms with Crippen molar-refractivity contribution >= 4 is 11.9 Å². The van der Waals surface area contributed by atoms with Crippen LogP contribution < -0.4 is 14.8 Å². The number of hydrogen-bond acceptors (Lipinski definition) is 4. The fourth-order valence-corrected chi connectivity index (χ4v) is 3.03. The molecular weight excluding hydrogens is 415 g/mol. The molecule has 0 radical (unpaired) electrons. The number of carbonyl (C=O) groups is 2. The number of ether oxygens (including phenoxy) is 2. The topological polar surface area (TPSA) is 67.9 Å². The summed E-state index contributed by atoms with van der Waals surface area (Å²) in [5.41, 5.74) is -0.909. The quantitative estimate of drug-likeness (QED) is 0.552. The van der Waals surface area contributed by atoms with E-state index in [2.05, 4.69) is 14.8 Å². The zero-order chi connectivity index (χ0) is 22.1. The van der Waals surface area contributed by atoms with Gasteiger partial charge in [0.1, 0.15) is 17.0 Å². The van der Waals surface area contributed by atoms with Gasteiger partial charge in [0, 0.05) is 0 Å². The van der Waals surface area contributed by atoms with E-state index in [-0.39, 0.29) is 17.9 Å². The van der Waals surface area contributed by atoms with Crippen LogP contribution >= 0.6 is 0 Å². The Labute approximate surface area is 167 Å². The molecule has 1 aliphatic heterocycles. The lowest BCUT2D eigenvalue weighted by Gasteiger charge is -2.22. The van der Waals surface area contributed by atoms with Crippen LogP contribution in [0.4, 0.5) is 26.7 Å². The van der Waals surface area contributed by atoms with Gasteiger partial charge in [-0.15, -0.1) is 13.2 Å². The highest BCUT2D eigenvalue weighted by molar-refractivity contribution is 6.07. The molecule has 160 valence electrons.